The first-order valence-corrected chi connectivity index (χ1v) is 12.9. The van der Waals surface area contributed by atoms with Crippen LogP contribution in [0.3, 0.4) is 0 Å². The molecule has 7 nitrogen and oxygen atoms in total. The first kappa shape index (κ1) is 21.8. The van der Waals surface area contributed by atoms with E-state index in [9.17, 15) is 14.4 Å². The molecule has 1 aromatic rings. The number of hydrogen-bond acceptors (Lipinski definition) is 4. The van der Waals surface area contributed by atoms with Crippen LogP contribution in [0.1, 0.15) is 57.8 Å². The van der Waals surface area contributed by atoms with Crippen LogP contribution in [0.25, 0.3) is 0 Å². The zero-order valence-corrected chi connectivity index (χ0v) is 19.4. The van der Waals surface area contributed by atoms with Gasteiger partial charge in [-0.25, -0.2) is 0 Å². The van der Waals surface area contributed by atoms with Crippen LogP contribution in [0.4, 0.5) is 5.69 Å². The molecule has 3 amide bonds. The third kappa shape index (κ3) is 3.39. The summed E-state index contributed by atoms with van der Waals surface area (Å²) in [5, 5.41) is 6.23. The highest BCUT2D eigenvalue weighted by molar-refractivity contribution is 6.03. The molecule has 2 saturated heterocycles. The molecule has 0 aromatic heterocycles. The highest BCUT2D eigenvalue weighted by Crippen LogP contribution is 2.56. The summed E-state index contributed by atoms with van der Waals surface area (Å²) in [5.74, 6) is -1.76. The highest BCUT2D eigenvalue weighted by Gasteiger charge is 2.73. The van der Waals surface area contributed by atoms with E-state index in [1.165, 1.54) is 6.42 Å². The first-order valence-electron chi connectivity index (χ1n) is 12.9. The van der Waals surface area contributed by atoms with Gasteiger partial charge in [0.15, 0.2) is 0 Å². The summed E-state index contributed by atoms with van der Waals surface area (Å²) in [6.07, 6.45) is 12.6. The number of nitrogens with one attached hydrogen (secondary N) is 2. The Morgan fingerprint density at radius 3 is 2.38 bits per heavy atom. The molecule has 1 aromatic carbocycles. The summed E-state index contributed by atoms with van der Waals surface area (Å²) in [6, 6.07) is 8.75. The van der Waals surface area contributed by atoms with Crippen LogP contribution in [0.2, 0.25) is 0 Å². The van der Waals surface area contributed by atoms with Crippen molar-refractivity contribution in [2.45, 2.75) is 87.6 Å². The molecular formula is C27H33N3O4. The molecule has 7 heteroatoms. The molecule has 34 heavy (non-hydrogen) atoms. The smallest absolute Gasteiger partial charge is 0.246 e. The van der Waals surface area contributed by atoms with Gasteiger partial charge >= 0.3 is 0 Å². The molecule has 2 aliphatic carbocycles. The second kappa shape index (κ2) is 8.52. The van der Waals surface area contributed by atoms with Gasteiger partial charge in [-0.3, -0.25) is 14.4 Å². The quantitative estimate of drug-likeness (QED) is 0.657. The summed E-state index contributed by atoms with van der Waals surface area (Å²) >= 11 is 0. The molecule has 1 spiro atoms. The molecule has 3 aliphatic heterocycles. The molecule has 2 N–H and O–H groups in total. The predicted molar refractivity (Wildman–Crippen MR) is 127 cm³/mol. The van der Waals surface area contributed by atoms with Gasteiger partial charge in [-0.15, -0.1) is 0 Å². The number of carbonyl (C=O) groups is 3. The number of hydrogen-bond donors (Lipinski definition) is 2. The molecule has 2 saturated carbocycles. The number of rotatable bonds is 5. The molecule has 5 atom stereocenters. The molecule has 0 radical (unpaired) electrons. The van der Waals surface area contributed by atoms with E-state index in [0.29, 0.717) is 5.69 Å². The Labute approximate surface area is 200 Å². The number of nitrogens with zero attached hydrogens (tertiary/aromatic N) is 1. The molecule has 4 fully saturated rings. The molecule has 180 valence electrons. The lowest BCUT2D eigenvalue weighted by Gasteiger charge is -2.36. The SMILES string of the molecule is O=C(Nc1ccccc1)[C@@H]1[C@H]2C=C[C@@]3(O2)[C@H]1C(=O)N(C1CCCC1)[C@@H]3C(=O)NC1CCCCC1. The van der Waals surface area contributed by atoms with Crippen molar-refractivity contribution in [2.24, 2.45) is 11.8 Å². The molecular weight excluding hydrogens is 430 g/mol. The molecule has 0 unspecified atom stereocenters. The maximum absolute atomic E-state index is 14.0. The molecule has 5 aliphatic rings. The fraction of sp³-hybridized carbons (Fsp3) is 0.593. The van der Waals surface area contributed by atoms with Gasteiger partial charge in [0.1, 0.15) is 11.6 Å². The molecule has 3 heterocycles. The van der Waals surface area contributed by atoms with Gasteiger partial charge in [0.25, 0.3) is 0 Å². The van der Waals surface area contributed by atoms with Crippen molar-refractivity contribution in [1.29, 1.82) is 0 Å². The van der Waals surface area contributed by atoms with Crippen LogP contribution >= 0.6 is 0 Å². The van der Waals surface area contributed by atoms with E-state index in [4.69, 9.17) is 4.74 Å². The van der Waals surface area contributed by atoms with Gasteiger partial charge in [0.05, 0.1) is 17.9 Å². The van der Waals surface area contributed by atoms with Crippen LogP contribution < -0.4 is 10.6 Å². The number of likely N-dealkylation sites (tertiary alicyclic amines) is 1. The van der Waals surface area contributed by atoms with Crippen molar-refractivity contribution < 1.29 is 19.1 Å². The maximum Gasteiger partial charge on any atom is 0.246 e. The van der Waals surface area contributed by atoms with Crippen LogP contribution in [-0.2, 0) is 19.1 Å². The van der Waals surface area contributed by atoms with Crippen LogP contribution in [-0.4, -0.2) is 52.5 Å². The molecule has 2 bridgehead atoms. The zero-order chi connectivity index (χ0) is 23.3. The third-order valence-corrected chi connectivity index (χ3v) is 8.57. The van der Waals surface area contributed by atoms with E-state index in [2.05, 4.69) is 10.6 Å². The summed E-state index contributed by atoms with van der Waals surface area (Å²) in [5.41, 5.74) is -0.375. The number of amides is 3. The van der Waals surface area contributed by atoms with Crippen molar-refractivity contribution in [1.82, 2.24) is 10.2 Å². The Morgan fingerprint density at radius 1 is 0.941 bits per heavy atom. The fourth-order valence-electron chi connectivity index (χ4n) is 7.06. The monoisotopic (exact) mass is 463 g/mol. The summed E-state index contributed by atoms with van der Waals surface area (Å²) in [6.45, 7) is 0. The number of para-hydroxylation sites is 1. The van der Waals surface area contributed by atoms with E-state index >= 15 is 0 Å². The Bertz CT molecular complexity index is 998. The fourth-order valence-corrected chi connectivity index (χ4v) is 7.06. The summed E-state index contributed by atoms with van der Waals surface area (Å²) in [4.78, 5) is 43.0. The van der Waals surface area contributed by atoms with Crippen LogP contribution in [0.5, 0.6) is 0 Å². The topological polar surface area (TPSA) is 87.7 Å². The highest BCUT2D eigenvalue weighted by atomic mass is 16.5. The van der Waals surface area contributed by atoms with Gasteiger partial charge in [-0.05, 0) is 37.8 Å². The summed E-state index contributed by atoms with van der Waals surface area (Å²) < 4.78 is 6.44. The lowest BCUT2D eigenvalue weighted by molar-refractivity contribution is -0.144. The Morgan fingerprint density at radius 2 is 1.65 bits per heavy atom. The van der Waals surface area contributed by atoms with E-state index < -0.39 is 29.6 Å². The summed E-state index contributed by atoms with van der Waals surface area (Å²) in [7, 11) is 0. The van der Waals surface area contributed by atoms with Gasteiger partial charge in [-0.2, -0.15) is 0 Å². The van der Waals surface area contributed by atoms with Crippen molar-refractivity contribution >= 4 is 23.4 Å². The van der Waals surface area contributed by atoms with Gasteiger partial charge in [-0.1, -0.05) is 62.5 Å². The normalized spacial score (nSPS) is 35.1. The minimum Gasteiger partial charge on any atom is -0.359 e. The van der Waals surface area contributed by atoms with E-state index in [1.807, 2.05) is 47.4 Å². The Balaban J connectivity index is 1.32. The number of fused-ring (bicyclic) bond motifs is 1. The number of benzene rings is 1. The number of carbonyl (C=O) groups excluding carboxylic acids is 3. The zero-order valence-electron chi connectivity index (χ0n) is 19.4. The van der Waals surface area contributed by atoms with Crippen molar-refractivity contribution in [3.8, 4) is 0 Å². The van der Waals surface area contributed by atoms with Crippen molar-refractivity contribution in [2.75, 3.05) is 5.32 Å². The minimum atomic E-state index is -1.07. The van der Waals surface area contributed by atoms with Crippen LogP contribution in [0, 0.1) is 11.8 Å². The second-order valence-electron chi connectivity index (χ2n) is 10.6. The standard InChI is InChI=1S/C27H33N3O4/c31-24(28-17-9-3-1-4-10-17)21-20-15-16-27(34-20)22(21)26(33)30(19-13-7-8-14-19)23(27)25(32)29-18-11-5-2-6-12-18/h1,3-4,9-10,15-16,18-23H,2,5-8,11-14H2,(H,28,31)(H,29,32)/t20-,21-,22-,23-,27-/m1/s1. The average molecular weight is 464 g/mol. The number of anilines is 1. The lowest BCUT2D eigenvalue weighted by atomic mass is 9.74. The van der Waals surface area contributed by atoms with Crippen molar-refractivity contribution in [3.05, 3.63) is 42.5 Å². The van der Waals surface area contributed by atoms with Gasteiger partial charge < -0.3 is 20.3 Å². The van der Waals surface area contributed by atoms with Gasteiger partial charge in [0, 0.05) is 17.8 Å². The number of ether oxygens (including phenoxy) is 1. The minimum absolute atomic E-state index is 0.0310. The Hall–Kier alpha value is -2.67. The largest absolute Gasteiger partial charge is 0.359 e. The van der Waals surface area contributed by atoms with Crippen LogP contribution in [0.15, 0.2) is 42.5 Å². The van der Waals surface area contributed by atoms with E-state index in [1.54, 1.807) is 0 Å². The first-order chi connectivity index (χ1) is 16.6. The Kier molecular flexibility index (Phi) is 5.47. The van der Waals surface area contributed by atoms with E-state index in [0.717, 1.165) is 51.4 Å². The van der Waals surface area contributed by atoms with E-state index in [-0.39, 0.29) is 29.8 Å². The lowest BCUT2D eigenvalue weighted by Crippen LogP contribution is -2.58. The van der Waals surface area contributed by atoms with Gasteiger partial charge in [0.2, 0.25) is 17.7 Å². The van der Waals surface area contributed by atoms with Crippen molar-refractivity contribution in [3.63, 3.8) is 0 Å². The molecule has 6 rings (SSSR count). The maximum atomic E-state index is 14.0. The second-order valence-corrected chi connectivity index (χ2v) is 10.6. The average Bonchev–Trinajstić information content (AvgIpc) is 3.62. The third-order valence-electron chi connectivity index (χ3n) is 8.57. The predicted octanol–water partition coefficient (Wildman–Crippen LogP) is 3.17.